The van der Waals surface area contributed by atoms with Crippen LogP contribution in [0.15, 0.2) is 60.8 Å². The van der Waals surface area contributed by atoms with Gasteiger partial charge in [0.25, 0.3) is 0 Å². The molecule has 9 heteroatoms. The average Bonchev–Trinajstić information content (AvgIpc) is 3.26. The highest BCUT2D eigenvalue weighted by Crippen LogP contribution is 2.19. The second-order valence-corrected chi connectivity index (χ2v) is 8.60. The lowest BCUT2D eigenvalue weighted by Gasteiger charge is -2.23. The molecular formula is C26H33N5O4. The van der Waals surface area contributed by atoms with Gasteiger partial charge in [-0.25, -0.2) is 4.79 Å². The number of amides is 2. The van der Waals surface area contributed by atoms with Crippen molar-refractivity contribution in [2.75, 3.05) is 6.54 Å². The number of carbonyl (C=O) groups excluding carboxylic acids is 2. The molecule has 0 aliphatic heterocycles. The van der Waals surface area contributed by atoms with Crippen LogP contribution >= 0.6 is 0 Å². The number of aliphatic carboxylic acids is 1. The lowest BCUT2D eigenvalue weighted by atomic mass is 10.0. The molecule has 8 N–H and O–H groups in total. The van der Waals surface area contributed by atoms with Crippen LogP contribution in [-0.2, 0) is 27.2 Å². The van der Waals surface area contributed by atoms with E-state index in [9.17, 15) is 19.5 Å². The summed E-state index contributed by atoms with van der Waals surface area (Å²) in [5, 5.41) is 15.8. The third kappa shape index (κ3) is 7.40. The molecule has 3 atom stereocenters. The van der Waals surface area contributed by atoms with Crippen LogP contribution in [0.1, 0.15) is 30.4 Å². The number of para-hydroxylation sites is 1. The Balaban J connectivity index is 1.76. The van der Waals surface area contributed by atoms with Crippen LogP contribution in [0.2, 0.25) is 0 Å². The summed E-state index contributed by atoms with van der Waals surface area (Å²) in [5.74, 6) is -2.19. The maximum absolute atomic E-state index is 13.2. The number of carboxylic acid groups (broad SMARTS) is 1. The maximum Gasteiger partial charge on any atom is 0.326 e. The van der Waals surface area contributed by atoms with E-state index in [1.165, 1.54) is 0 Å². The number of unbranched alkanes of at least 4 members (excludes halogenated alkanes) is 1. The Hall–Kier alpha value is -3.69. The van der Waals surface area contributed by atoms with Gasteiger partial charge in [0.2, 0.25) is 11.8 Å². The lowest BCUT2D eigenvalue weighted by molar-refractivity contribution is -0.142. The summed E-state index contributed by atoms with van der Waals surface area (Å²) in [6, 6.07) is 14.1. The SMILES string of the molecule is NCCCCC(NC(=O)C(Cc1c[nH]c2ccccc12)NC(=O)C(N)Cc1ccccc1)C(=O)O. The molecule has 0 saturated carbocycles. The highest BCUT2D eigenvalue weighted by molar-refractivity contribution is 5.93. The first kappa shape index (κ1) is 25.9. The molecule has 3 unspecified atom stereocenters. The largest absolute Gasteiger partial charge is 0.480 e. The number of carboxylic acids is 1. The predicted molar refractivity (Wildman–Crippen MR) is 135 cm³/mol. The molecule has 1 aromatic heterocycles. The number of nitrogens with one attached hydrogen (secondary N) is 3. The van der Waals surface area contributed by atoms with E-state index in [4.69, 9.17) is 11.5 Å². The van der Waals surface area contributed by atoms with Crippen molar-refractivity contribution >= 4 is 28.7 Å². The first-order chi connectivity index (χ1) is 16.9. The van der Waals surface area contributed by atoms with Gasteiger partial charge in [0.05, 0.1) is 6.04 Å². The number of hydrogen-bond donors (Lipinski definition) is 6. The normalized spacial score (nSPS) is 13.7. The number of carbonyl (C=O) groups is 3. The molecule has 3 rings (SSSR count). The fourth-order valence-corrected chi connectivity index (χ4v) is 3.99. The van der Waals surface area contributed by atoms with Gasteiger partial charge in [0, 0.05) is 23.5 Å². The van der Waals surface area contributed by atoms with Crippen LogP contribution in [0.4, 0.5) is 0 Å². The van der Waals surface area contributed by atoms with Crippen molar-refractivity contribution in [2.45, 2.75) is 50.2 Å². The van der Waals surface area contributed by atoms with Crippen LogP contribution < -0.4 is 22.1 Å². The number of aromatic nitrogens is 1. The third-order valence-corrected chi connectivity index (χ3v) is 5.93. The Morgan fingerprint density at radius 1 is 0.886 bits per heavy atom. The smallest absolute Gasteiger partial charge is 0.326 e. The van der Waals surface area contributed by atoms with Crippen molar-refractivity contribution in [3.63, 3.8) is 0 Å². The van der Waals surface area contributed by atoms with Gasteiger partial charge in [-0.15, -0.1) is 0 Å². The van der Waals surface area contributed by atoms with Crippen LogP contribution in [0, 0.1) is 0 Å². The van der Waals surface area contributed by atoms with E-state index in [0.29, 0.717) is 25.8 Å². The summed E-state index contributed by atoms with van der Waals surface area (Å²) in [4.78, 5) is 41.0. The topological polar surface area (TPSA) is 163 Å². The molecular weight excluding hydrogens is 446 g/mol. The van der Waals surface area contributed by atoms with Gasteiger partial charge in [-0.05, 0) is 49.4 Å². The second kappa shape index (κ2) is 12.7. The number of benzene rings is 2. The van der Waals surface area contributed by atoms with Crippen molar-refractivity contribution in [1.82, 2.24) is 15.6 Å². The summed E-state index contributed by atoms with van der Waals surface area (Å²) in [7, 11) is 0. The molecule has 9 nitrogen and oxygen atoms in total. The summed E-state index contributed by atoms with van der Waals surface area (Å²) < 4.78 is 0. The van der Waals surface area contributed by atoms with E-state index < -0.39 is 35.9 Å². The standard InChI is InChI=1S/C26H33N5O4/c27-13-7-6-12-22(26(34)35)30-25(33)23(15-18-16-29-21-11-5-4-10-19(18)21)31-24(32)20(28)14-17-8-2-1-3-9-17/h1-5,8-11,16,20,22-23,29H,6-7,12-15,27-28H2,(H,30,33)(H,31,32)(H,34,35). The highest BCUT2D eigenvalue weighted by Gasteiger charge is 2.28. The zero-order chi connectivity index (χ0) is 25.2. The molecule has 0 spiro atoms. The minimum absolute atomic E-state index is 0.175. The van der Waals surface area contributed by atoms with Gasteiger partial charge in [0.1, 0.15) is 12.1 Å². The van der Waals surface area contributed by atoms with Gasteiger partial charge in [-0.3, -0.25) is 9.59 Å². The second-order valence-electron chi connectivity index (χ2n) is 8.60. The summed E-state index contributed by atoms with van der Waals surface area (Å²) in [6.07, 6.45) is 3.74. The molecule has 0 radical (unpaired) electrons. The first-order valence-electron chi connectivity index (χ1n) is 11.8. The fraction of sp³-hybridized carbons (Fsp3) is 0.346. The maximum atomic E-state index is 13.2. The summed E-state index contributed by atoms with van der Waals surface area (Å²) >= 11 is 0. The average molecular weight is 480 g/mol. The molecule has 0 saturated heterocycles. The van der Waals surface area contributed by atoms with Crippen LogP contribution in [0.5, 0.6) is 0 Å². The van der Waals surface area contributed by atoms with Gasteiger partial charge < -0.3 is 32.2 Å². The summed E-state index contributed by atoms with van der Waals surface area (Å²) in [5.41, 5.74) is 14.3. The predicted octanol–water partition coefficient (Wildman–Crippen LogP) is 1.46. The lowest BCUT2D eigenvalue weighted by Crippen LogP contribution is -2.55. The first-order valence-corrected chi connectivity index (χ1v) is 11.8. The van der Waals surface area contributed by atoms with Crippen molar-refractivity contribution in [3.8, 4) is 0 Å². The Labute approximate surface area is 204 Å². The number of hydrogen-bond acceptors (Lipinski definition) is 5. The number of nitrogens with two attached hydrogens (primary N) is 2. The Morgan fingerprint density at radius 2 is 1.57 bits per heavy atom. The third-order valence-electron chi connectivity index (χ3n) is 5.93. The monoisotopic (exact) mass is 479 g/mol. The zero-order valence-electron chi connectivity index (χ0n) is 19.6. The molecule has 2 amide bonds. The molecule has 0 aliphatic rings. The molecule has 1 heterocycles. The van der Waals surface area contributed by atoms with Gasteiger partial charge in [0.15, 0.2) is 0 Å². The number of aromatic amines is 1. The van der Waals surface area contributed by atoms with Crippen LogP contribution in [-0.4, -0.2) is 52.5 Å². The zero-order valence-corrected chi connectivity index (χ0v) is 19.6. The Bertz CT molecular complexity index is 1130. The van der Waals surface area contributed by atoms with Crippen LogP contribution in [0.25, 0.3) is 10.9 Å². The van der Waals surface area contributed by atoms with E-state index in [-0.39, 0.29) is 12.8 Å². The fourth-order valence-electron chi connectivity index (χ4n) is 3.99. The van der Waals surface area contributed by atoms with Crippen molar-refractivity contribution in [1.29, 1.82) is 0 Å². The summed E-state index contributed by atoms with van der Waals surface area (Å²) in [6.45, 7) is 0.443. The number of fused-ring (bicyclic) bond motifs is 1. The number of H-pyrrole nitrogens is 1. The Kier molecular flexibility index (Phi) is 9.39. The van der Waals surface area contributed by atoms with E-state index in [0.717, 1.165) is 22.0 Å². The minimum atomic E-state index is -1.13. The Morgan fingerprint density at radius 3 is 2.29 bits per heavy atom. The van der Waals surface area contributed by atoms with Gasteiger partial charge in [-0.2, -0.15) is 0 Å². The molecule has 3 aromatic rings. The van der Waals surface area contributed by atoms with E-state index in [2.05, 4.69) is 15.6 Å². The van der Waals surface area contributed by atoms with Crippen molar-refractivity contribution < 1.29 is 19.5 Å². The van der Waals surface area contributed by atoms with Gasteiger partial charge in [-0.1, -0.05) is 48.5 Å². The van der Waals surface area contributed by atoms with E-state index in [1.54, 1.807) is 6.20 Å². The molecule has 35 heavy (non-hydrogen) atoms. The van der Waals surface area contributed by atoms with E-state index in [1.807, 2.05) is 54.6 Å². The molecule has 0 aliphatic carbocycles. The van der Waals surface area contributed by atoms with Crippen molar-refractivity contribution in [2.24, 2.45) is 11.5 Å². The number of rotatable bonds is 13. The molecule has 2 aromatic carbocycles. The van der Waals surface area contributed by atoms with Gasteiger partial charge >= 0.3 is 5.97 Å². The molecule has 186 valence electrons. The van der Waals surface area contributed by atoms with E-state index >= 15 is 0 Å². The van der Waals surface area contributed by atoms with Crippen molar-refractivity contribution in [3.05, 3.63) is 71.9 Å². The molecule has 0 fully saturated rings. The highest BCUT2D eigenvalue weighted by atomic mass is 16.4. The quantitative estimate of drug-likeness (QED) is 0.203. The minimum Gasteiger partial charge on any atom is -0.480 e. The van der Waals surface area contributed by atoms with Crippen LogP contribution in [0.3, 0.4) is 0 Å². The molecule has 0 bridgehead atoms.